The van der Waals surface area contributed by atoms with Crippen molar-refractivity contribution in [2.75, 3.05) is 0 Å². The van der Waals surface area contributed by atoms with Gasteiger partial charge in [0.1, 0.15) is 0 Å². The van der Waals surface area contributed by atoms with Gasteiger partial charge in [0.05, 0.1) is 0 Å². The summed E-state index contributed by atoms with van der Waals surface area (Å²) in [7, 11) is 0. The fourth-order valence-electron chi connectivity index (χ4n) is 1.94. The van der Waals surface area contributed by atoms with Crippen LogP contribution >= 0.6 is 11.8 Å². The average molecular weight is 223 g/mol. The van der Waals surface area contributed by atoms with Crippen molar-refractivity contribution in [3.63, 3.8) is 0 Å². The lowest BCUT2D eigenvalue weighted by atomic mass is 10.1. The highest BCUT2D eigenvalue weighted by atomic mass is 32.2. The van der Waals surface area contributed by atoms with Crippen molar-refractivity contribution in [3.8, 4) is 0 Å². The molecule has 2 rings (SSSR count). The highest BCUT2D eigenvalue weighted by Gasteiger charge is 2.31. The van der Waals surface area contributed by atoms with Crippen LogP contribution in [0.25, 0.3) is 0 Å². The predicted octanol–water partition coefficient (Wildman–Crippen LogP) is 2.00. The van der Waals surface area contributed by atoms with E-state index in [2.05, 4.69) is 16.9 Å². The molecule has 0 radical (unpaired) electrons. The summed E-state index contributed by atoms with van der Waals surface area (Å²) in [5.74, 6) is 0.569. The molecule has 1 aromatic rings. The van der Waals surface area contributed by atoms with Gasteiger partial charge in [0.2, 0.25) is 0 Å². The Morgan fingerprint density at radius 2 is 2.27 bits per heavy atom. The van der Waals surface area contributed by atoms with Crippen molar-refractivity contribution in [2.24, 2.45) is 11.7 Å². The van der Waals surface area contributed by atoms with E-state index >= 15 is 0 Å². The van der Waals surface area contributed by atoms with Crippen LogP contribution in [0, 0.1) is 12.8 Å². The first kappa shape index (κ1) is 10.9. The molecule has 0 amide bonds. The lowest BCUT2D eigenvalue weighted by Gasteiger charge is -2.16. The molecule has 0 saturated heterocycles. The van der Waals surface area contributed by atoms with Crippen molar-refractivity contribution in [3.05, 3.63) is 18.0 Å². The van der Waals surface area contributed by atoms with Crippen molar-refractivity contribution < 1.29 is 0 Å². The first-order chi connectivity index (χ1) is 7.16. The monoisotopic (exact) mass is 223 g/mol. The number of nitrogens with two attached hydrogens (primary N) is 1. The molecule has 15 heavy (non-hydrogen) atoms. The summed E-state index contributed by atoms with van der Waals surface area (Å²) in [4.78, 5) is 8.68. The van der Waals surface area contributed by atoms with Crippen LogP contribution in [0.5, 0.6) is 0 Å². The normalized spacial score (nSPS) is 30.7. The number of nitrogens with zero attached hydrogens (tertiary/aromatic N) is 2. The minimum absolute atomic E-state index is 0.354. The average Bonchev–Trinajstić information content (AvgIpc) is 2.50. The molecule has 0 bridgehead atoms. The molecule has 4 heteroatoms. The molecule has 2 N–H and O–H groups in total. The Kier molecular flexibility index (Phi) is 3.26. The van der Waals surface area contributed by atoms with E-state index in [1.54, 1.807) is 11.8 Å². The second kappa shape index (κ2) is 4.49. The Hall–Kier alpha value is -0.610. The molecule has 82 valence electrons. The van der Waals surface area contributed by atoms with Crippen LogP contribution in [0.3, 0.4) is 0 Å². The topological polar surface area (TPSA) is 51.8 Å². The third kappa shape index (κ3) is 2.49. The van der Waals surface area contributed by atoms with E-state index in [4.69, 9.17) is 5.73 Å². The van der Waals surface area contributed by atoms with E-state index in [9.17, 15) is 0 Å². The molecular formula is C11H17N3S. The van der Waals surface area contributed by atoms with Gasteiger partial charge in [-0.3, -0.25) is 0 Å². The Morgan fingerprint density at radius 1 is 1.47 bits per heavy atom. The first-order valence-electron chi connectivity index (χ1n) is 5.38. The van der Waals surface area contributed by atoms with Gasteiger partial charge >= 0.3 is 0 Å². The maximum Gasteiger partial charge on any atom is 0.188 e. The van der Waals surface area contributed by atoms with Crippen molar-refractivity contribution in [1.82, 2.24) is 9.97 Å². The Labute approximate surface area is 94.9 Å². The summed E-state index contributed by atoms with van der Waals surface area (Å²) < 4.78 is 0. The van der Waals surface area contributed by atoms with Crippen LogP contribution in [0.2, 0.25) is 0 Å². The largest absolute Gasteiger partial charge is 0.327 e. The summed E-state index contributed by atoms with van der Waals surface area (Å²) in [6, 6.07) is 2.28. The smallest absolute Gasteiger partial charge is 0.188 e. The molecule has 1 fully saturated rings. The standard InChI is InChI=1S/C11H17N3S/c1-7-5-6-13-11(14-7)15-10-4-3-9(12)8(10)2/h5-6,8-10H,3-4,12H2,1-2H3. The first-order valence-corrected chi connectivity index (χ1v) is 6.26. The van der Waals surface area contributed by atoms with Gasteiger partial charge in [0, 0.05) is 23.2 Å². The van der Waals surface area contributed by atoms with Crippen LogP contribution in [0.15, 0.2) is 17.4 Å². The van der Waals surface area contributed by atoms with Gasteiger partial charge < -0.3 is 5.73 Å². The van der Waals surface area contributed by atoms with E-state index in [0.29, 0.717) is 17.2 Å². The third-order valence-electron chi connectivity index (χ3n) is 3.08. The maximum atomic E-state index is 6.00. The fraction of sp³-hybridized carbons (Fsp3) is 0.636. The second-order valence-electron chi connectivity index (χ2n) is 4.24. The SMILES string of the molecule is Cc1ccnc(SC2CCC(N)C2C)n1. The molecule has 1 heterocycles. The maximum absolute atomic E-state index is 6.00. The van der Waals surface area contributed by atoms with E-state index < -0.39 is 0 Å². The Balaban J connectivity index is 2.03. The van der Waals surface area contributed by atoms with Gasteiger partial charge in [0.15, 0.2) is 5.16 Å². The number of thioether (sulfide) groups is 1. The van der Waals surface area contributed by atoms with Crippen LogP contribution < -0.4 is 5.73 Å². The minimum atomic E-state index is 0.354. The molecule has 3 atom stereocenters. The molecule has 1 aliphatic carbocycles. The van der Waals surface area contributed by atoms with E-state index in [1.165, 1.54) is 6.42 Å². The lowest BCUT2D eigenvalue weighted by Crippen LogP contribution is -2.26. The van der Waals surface area contributed by atoms with E-state index in [-0.39, 0.29) is 0 Å². The van der Waals surface area contributed by atoms with Crippen molar-refractivity contribution in [1.29, 1.82) is 0 Å². The van der Waals surface area contributed by atoms with Crippen molar-refractivity contribution >= 4 is 11.8 Å². The van der Waals surface area contributed by atoms with Crippen LogP contribution in [-0.4, -0.2) is 21.3 Å². The third-order valence-corrected chi connectivity index (χ3v) is 4.45. The Bertz CT molecular complexity index is 342. The molecule has 0 spiro atoms. The number of hydrogen-bond acceptors (Lipinski definition) is 4. The minimum Gasteiger partial charge on any atom is -0.327 e. The van der Waals surface area contributed by atoms with Gasteiger partial charge in [-0.15, -0.1) is 0 Å². The Morgan fingerprint density at radius 3 is 2.87 bits per heavy atom. The molecular weight excluding hydrogens is 206 g/mol. The summed E-state index contributed by atoms with van der Waals surface area (Å²) in [6.07, 6.45) is 4.14. The number of aromatic nitrogens is 2. The summed E-state index contributed by atoms with van der Waals surface area (Å²) in [6.45, 7) is 4.22. The zero-order chi connectivity index (χ0) is 10.8. The number of hydrogen-bond donors (Lipinski definition) is 1. The van der Waals surface area contributed by atoms with E-state index in [1.807, 2.05) is 19.2 Å². The molecule has 0 aliphatic heterocycles. The molecule has 3 nitrogen and oxygen atoms in total. The van der Waals surface area contributed by atoms with Gasteiger partial charge in [-0.25, -0.2) is 9.97 Å². The fourth-order valence-corrected chi connectivity index (χ4v) is 3.20. The summed E-state index contributed by atoms with van der Waals surface area (Å²) in [5, 5.41) is 1.47. The molecule has 1 saturated carbocycles. The highest BCUT2D eigenvalue weighted by molar-refractivity contribution is 7.99. The number of aryl methyl sites for hydroxylation is 1. The van der Waals surface area contributed by atoms with Crippen molar-refractivity contribution in [2.45, 2.75) is 43.1 Å². The molecule has 1 aromatic heterocycles. The molecule has 1 aliphatic rings. The van der Waals surface area contributed by atoms with Gasteiger partial charge in [-0.2, -0.15) is 0 Å². The van der Waals surface area contributed by atoms with Crippen LogP contribution in [0.4, 0.5) is 0 Å². The lowest BCUT2D eigenvalue weighted by molar-refractivity contribution is 0.534. The predicted molar refractivity (Wildman–Crippen MR) is 62.8 cm³/mol. The van der Waals surface area contributed by atoms with Gasteiger partial charge in [-0.05, 0) is 31.7 Å². The quantitative estimate of drug-likeness (QED) is 0.779. The highest BCUT2D eigenvalue weighted by Crippen LogP contribution is 2.36. The van der Waals surface area contributed by atoms with Gasteiger partial charge in [-0.1, -0.05) is 18.7 Å². The molecule has 0 aromatic carbocycles. The zero-order valence-corrected chi connectivity index (χ0v) is 10.00. The molecule has 3 unspecified atom stereocenters. The summed E-state index contributed by atoms with van der Waals surface area (Å²) in [5.41, 5.74) is 7.03. The summed E-state index contributed by atoms with van der Waals surface area (Å²) >= 11 is 1.77. The van der Waals surface area contributed by atoms with Crippen LogP contribution in [0.1, 0.15) is 25.5 Å². The van der Waals surface area contributed by atoms with Gasteiger partial charge in [0.25, 0.3) is 0 Å². The zero-order valence-electron chi connectivity index (χ0n) is 9.18. The van der Waals surface area contributed by atoms with E-state index in [0.717, 1.165) is 17.3 Å². The van der Waals surface area contributed by atoms with Crippen LogP contribution in [-0.2, 0) is 0 Å². The second-order valence-corrected chi connectivity index (χ2v) is 5.44. The number of rotatable bonds is 2.